The summed E-state index contributed by atoms with van der Waals surface area (Å²) in [5, 5.41) is 4.88. The van der Waals surface area contributed by atoms with Gasteiger partial charge < -0.3 is 14.8 Å². The number of nitrogens with zero attached hydrogens (tertiary/aromatic N) is 1. The Labute approximate surface area is 221 Å². The number of halogens is 2. The molecule has 3 aromatic rings. The number of imide groups is 2. The van der Waals surface area contributed by atoms with E-state index in [1.807, 2.05) is 19.1 Å². The number of carbonyl (C=O) groups is 4. The van der Waals surface area contributed by atoms with E-state index in [0.29, 0.717) is 5.69 Å². The highest BCUT2D eigenvalue weighted by Gasteiger charge is 2.37. The van der Waals surface area contributed by atoms with Crippen molar-refractivity contribution in [2.45, 2.75) is 6.92 Å². The number of hydrogen-bond acceptors (Lipinski definition) is 6. The first kappa shape index (κ1) is 26.4. The molecule has 0 bridgehead atoms. The van der Waals surface area contributed by atoms with Gasteiger partial charge in [-0.15, -0.1) is 0 Å². The summed E-state index contributed by atoms with van der Waals surface area (Å²) in [7, 11) is 1.36. The van der Waals surface area contributed by atoms with Gasteiger partial charge in [-0.1, -0.05) is 29.8 Å². The second kappa shape index (κ2) is 11.1. The molecule has 3 aromatic carbocycles. The molecule has 9 nitrogen and oxygen atoms in total. The fourth-order valence-electron chi connectivity index (χ4n) is 3.65. The van der Waals surface area contributed by atoms with E-state index in [1.54, 1.807) is 12.1 Å². The first-order valence-corrected chi connectivity index (χ1v) is 11.6. The van der Waals surface area contributed by atoms with Gasteiger partial charge in [-0.3, -0.25) is 19.7 Å². The summed E-state index contributed by atoms with van der Waals surface area (Å²) >= 11 is 6.38. The van der Waals surface area contributed by atoms with E-state index in [9.17, 15) is 23.6 Å². The molecule has 1 aliphatic heterocycles. The topological polar surface area (TPSA) is 114 Å². The second-order valence-electron chi connectivity index (χ2n) is 8.12. The Balaban J connectivity index is 1.56. The molecule has 0 aliphatic carbocycles. The lowest BCUT2D eigenvalue weighted by atomic mass is 10.1. The van der Waals surface area contributed by atoms with Crippen LogP contribution in [0.5, 0.6) is 11.5 Å². The Morgan fingerprint density at radius 2 is 1.82 bits per heavy atom. The standard InChI is InChI=1S/C27H21ClFN3O6/c1-15-5-3-4-6-21(15)30-23(33)14-38-24-20(28)12-16(13-22(24)37-2)11-19-25(34)31-27(36)32(26(19)35)18-9-7-17(29)8-10-18/h3-13H,14H2,1-2H3,(H,30,33)(H,31,34,36)/b19-11+. The zero-order valence-corrected chi connectivity index (χ0v) is 21.0. The van der Waals surface area contributed by atoms with E-state index in [-0.39, 0.29) is 40.0 Å². The third-order valence-electron chi connectivity index (χ3n) is 5.52. The molecule has 1 aliphatic rings. The summed E-state index contributed by atoms with van der Waals surface area (Å²) in [4.78, 5) is 50.9. The molecule has 0 unspecified atom stereocenters. The van der Waals surface area contributed by atoms with Crippen LogP contribution in [0.2, 0.25) is 5.02 Å². The summed E-state index contributed by atoms with van der Waals surface area (Å²) in [5.74, 6) is -2.57. The number of aryl methyl sites for hydroxylation is 1. The number of para-hydroxylation sites is 1. The number of urea groups is 1. The van der Waals surface area contributed by atoms with Crippen LogP contribution in [0.25, 0.3) is 6.08 Å². The molecule has 11 heteroatoms. The Bertz CT molecular complexity index is 1470. The lowest BCUT2D eigenvalue weighted by Gasteiger charge is -2.26. The van der Waals surface area contributed by atoms with Gasteiger partial charge in [0.25, 0.3) is 17.7 Å². The molecule has 0 saturated carbocycles. The van der Waals surface area contributed by atoms with Gasteiger partial charge in [0, 0.05) is 5.69 Å². The number of carbonyl (C=O) groups excluding carboxylic acids is 4. The predicted molar refractivity (Wildman–Crippen MR) is 139 cm³/mol. The highest BCUT2D eigenvalue weighted by molar-refractivity contribution is 6.39. The maximum atomic E-state index is 13.3. The van der Waals surface area contributed by atoms with Crippen molar-refractivity contribution in [2.75, 3.05) is 23.9 Å². The quantitative estimate of drug-likeness (QED) is 0.339. The summed E-state index contributed by atoms with van der Waals surface area (Å²) < 4.78 is 24.2. The third-order valence-corrected chi connectivity index (χ3v) is 5.80. The van der Waals surface area contributed by atoms with E-state index in [0.717, 1.165) is 22.6 Å². The number of anilines is 2. The minimum absolute atomic E-state index is 0.0509. The third kappa shape index (κ3) is 5.65. The van der Waals surface area contributed by atoms with Crippen molar-refractivity contribution in [3.05, 3.63) is 88.2 Å². The zero-order valence-electron chi connectivity index (χ0n) is 20.2. The lowest BCUT2D eigenvalue weighted by Crippen LogP contribution is -2.54. The highest BCUT2D eigenvalue weighted by Crippen LogP contribution is 2.37. The van der Waals surface area contributed by atoms with E-state index in [1.165, 1.54) is 37.5 Å². The molecular weight excluding hydrogens is 517 g/mol. The summed E-state index contributed by atoms with van der Waals surface area (Å²) in [6, 6.07) is 13.8. The second-order valence-corrected chi connectivity index (χ2v) is 8.53. The number of amides is 5. The number of nitrogens with one attached hydrogen (secondary N) is 2. The van der Waals surface area contributed by atoms with E-state index in [4.69, 9.17) is 21.1 Å². The molecule has 38 heavy (non-hydrogen) atoms. The molecule has 1 fully saturated rings. The molecule has 0 aromatic heterocycles. The van der Waals surface area contributed by atoms with Crippen molar-refractivity contribution < 1.29 is 33.0 Å². The van der Waals surface area contributed by atoms with E-state index in [2.05, 4.69) is 10.6 Å². The van der Waals surface area contributed by atoms with Gasteiger partial charge in [-0.05, 0) is 66.6 Å². The number of benzene rings is 3. The van der Waals surface area contributed by atoms with E-state index < -0.39 is 29.6 Å². The molecular formula is C27H21ClFN3O6. The Hall–Kier alpha value is -4.70. The maximum absolute atomic E-state index is 13.3. The molecule has 0 atom stereocenters. The fraction of sp³-hybridized carbons (Fsp3) is 0.111. The summed E-state index contributed by atoms with van der Waals surface area (Å²) in [6.07, 6.45) is 1.23. The smallest absolute Gasteiger partial charge is 0.335 e. The van der Waals surface area contributed by atoms with Crippen molar-refractivity contribution >= 4 is 52.8 Å². The minimum atomic E-state index is -0.966. The van der Waals surface area contributed by atoms with Gasteiger partial charge >= 0.3 is 6.03 Å². The number of ether oxygens (including phenoxy) is 2. The number of barbiturate groups is 1. The number of rotatable bonds is 7. The van der Waals surface area contributed by atoms with Gasteiger partial charge in [-0.25, -0.2) is 14.1 Å². The van der Waals surface area contributed by atoms with Crippen LogP contribution in [0, 0.1) is 12.7 Å². The fourth-order valence-corrected chi connectivity index (χ4v) is 3.92. The SMILES string of the molecule is COc1cc(/C=C2\C(=O)NC(=O)N(c3ccc(F)cc3)C2=O)cc(Cl)c1OCC(=O)Nc1ccccc1C. The zero-order chi connectivity index (χ0) is 27.4. The van der Waals surface area contributed by atoms with Crippen molar-refractivity contribution in [1.29, 1.82) is 0 Å². The van der Waals surface area contributed by atoms with Crippen LogP contribution in [0.15, 0.2) is 66.2 Å². The summed E-state index contributed by atoms with van der Waals surface area (Å²) in [6.45, 7) is 1.50. The summed E-state index contributed by atoms with van der Waals surface area (Å²) in [5.41, 5.74) is 1.53. The molecule has 2 N–H and O–H groups in total. The van der Waals surface area contributed by atoms with Crippen LogP contribution in [-0.4, -0.2) is 37.5 Å². The number of hydrogen-bond donors (Lipinski definition) is 2. The molecule has 0 spiro atoms. The normalized spacial score (nSPS) is 14.4. The Morgan fingerprint density at radius 1 is 1.11 bits per heavy atom. The average molecular weight is 538 g/mol. The van der Waals surface area contributed by atoms with Crippen LogP contribution in [0.1, 0.15) is 11.1 Å². The van der Waals surface area contributed by atoms with Gasteiger partial charge in [0.2, 0.25) is 0 Å². The van der Waals surface area contributed by atoms with Crippen molar-refractivity contribution in [3.63, 3.8) is 0 Å². The van der Waals surface area contributed by atoms with Crippen LogP contribution in [0.3, 0.4) is 0 Å². The van der Waals surface area contributed by atoms with Crippen LogP contribution < -0.4 is 25.0 Å². The van der Waals surface area contributed by atoms with Crippen molar-refractivity contribution in [2.24, 2.45) is 0 Å². The van der Waals surface area contributed by atoms with Crippen LogP contribution >= 0.6 is 11.6 Å². The first-order chi connectivity index (χ1) is 18.2. The maximum Gasteiger partial charge on any atom is 0.335 e. The molecule has 1 heterocycles. The minimum Gasteiger partial charge on any atom is -0.493 e. The molecule has 194 valence electrons. The largest absolute Gasteiger partial charge is 0.493 e. The van der Waals surface area contributed by atoms with Gasteiger partial charge in [0.15, 0.2) is 18.1 Å². The number of methoxy groups -OCH3 is 1. The van der Waals surface area contributed by atoms with Crippen LogP contribution in [-0.2, 0) is 14.4 Å². The molecule has 5 amide bonds. The molecule has 1 saturated heterocycles. The average Bonchev–Trinajstić information content (AvgIpc) is 2.88. The highest BCUT2D eigenvalue weighted by atomic mass is 35.5. The predicted octanol–water partition coefficient (Wildman–Crippen LogP) is 4.48. The van der Waals surface area contributed by atoms with Crippen molar-refractivity contribution in [1.82, 2.24) is 5.32 Å². The van der Waals surface area contributed by atoms with Gasteiger partial charge in [0.1, 0.15) is 11.4 Å². The first-order valence-electron chi connectivity index (χ1n) is 11.2. The van der Waals surface area contributed by atoms with E-state index >= 15 is 0 Å². The monoisotopic (exact) mass is 537 g/mol. The van der Waals surface area contributed by atoms with Gasteiger partial charge in [-0.2, -0.15) is 0 Å². The Morgan fingerprint density at radius 3 is 2.50 bits per heavy atom. The molecule has 4 rings (SSSR count). The van der Waals surface area contributed by atoms with Crippen LogP contribution in [0.4, 0.5) is 20.6 Å². The lowest BCUT2D eigenvalue weighted by molar-refractivity contribution is -0.122. The van der Waals surface area contributed by atoms with Crippen molar-refractivity contribution in [3.8, 4) is 11.5 Å². The Kier molecular flexibility index (Phi) is 7.73. The van der Waals surface area contributed by atoms with Gasteiger partial charge in [0.05, 0.1) is 17.8 Å². The molecule has 0 radical (unpaired) electrons.